The summed E-state index contributed by atoms with van der Waals surface area (Å²) < 4.78 is 0.980. The summed E-state index contributed by atoms with van der Waals surface area (Å²) in [5, 5.41) is 0. The molecule has 4 heteroatoms. The lowest BCUT2D eigenvalue weighted by Gasteiger charge is -2.18. The highest BCUT2D eigenvalue weighted by molar-refractivity contribution is 9.10. The van der Waals surface area contributed by atoms with E-state index in [0.717, 1.165) is 15.6 Å². The first kappa shape index (κ1) is 12.8. The van der Waals surface area contributed by atoms with Crippen LogP contribution in [0.5, 0.6) is 0 Å². The zero-order valence-corrected chi connectivity index (χ0v) is 12.0. The number of nitrogens with zero attached hydrogens (tertiary/aromatic N) is 1. The Hall–Kier alpha value is -2.20. The number of hydrogen-bond donors (Lipinski definition) is 0. The second kappa shape index (κ2) is 5.06. The standard InChI is InChI=1S/C16H10BrNO2/c17-12-7-5-11(6-8-12)13-3-1-2-4-14(13)18-15(19)9-10-16(18)20/h1-10H. The van der Waals surface area contributed by atoms with E-state index in [1.54, 1.807) is 6.07 Å². The molecule has 0 saturated heterocycles. The molecule has 0 N–H and O–H groups in total. The van der Waals surface area contributed by atoms with Crippen molar-refractivity contribution in [2.45, 2.75) is 0 Å². The molecule has 0 radical (unpaired) electrons. The monoisotopic (exact) mass is 327 g/mol. The molecule has 1 aliphatic heterocycles. The van der Waals surface area contributed by atoms with Crippen LogP contribution in [0.1, 0.15) is 0 Å². The Labute approximate surface area is 124 Å². The van der Waals surface area contributed by atoms with E-state index in [4.69, 9.17) is 0 Å². The largest absolute Gasteiger partial charge is 0.269 e. The first-order valence-electron chi connectivity index (χ1n) is 6.08. The van der Waals surface area contributed by atoms with Crippen LogP contribution in [0.25, 0.3) is 11.1 Å². The lowest BCUT2D eigenvalue weighted by Crippen LogP contribution is -2.29. The minimum atomic E-state index is -0.306. The molecule has 3 nitrogen and oxygen atoms in total. The summed E-state index contributed by atoms with van der Waals surface area (Å²) in [6.45, 7) is 0. The molecule has 0 bridgehead atoms. The van der Waals surface area contributed by atoms with E-state index < -0.39 is 0 Å². The average Bonchev–Trinajstić information content (AvgIpc) is 2.79. The fourth-order valence-electron chi connectivity index (χ4n) is 2.18. The highest BCUT2D eigenvalue weighted by Crippen LogP contribution is 2.32. The van der Waals surface area contributed by atoms with Gasteiger partial charge in [-0.25, -0.2) is 4.90 Å². The van der Waals surface area contributed by atoms with Gasteiger partial charge in [-0.1, -0.05) is 46.3 Å². The molecule has 0 aromatic heterocycles. The van der Waals surface area contributed by atoms with E-state index >= 15 is 0 Å². The molecule has 0 saturated carbocycles. The molecule has 98 valence electrons. The maximum Gasteiger partial charge on any atom is 0.258 e. The van der Waals surface area contributed by atoms with E-state index in [-0.39, 0.29) is 11.8 Å². The van der Waals surface area contributed by atoms with Crippen molar-refractivity contribution in [1.29, 1.82) is 0 Å². The first-order valence-corrected chi connectivity index (χ1v) is 6.87. The molecule has 1 aliphatic rings. The number of rotatable bonds is 2. The van der Waals surface area contributed by atoms with Gasteiger partial charge >= 0.3 is 0 Å². The first-order chi connectivity index (χ1) is 9.66. The maximum atomic E-state index is 11.8. The average molecular weight is 328 g/mol. The Kier molecular flexibility index (Phi) is 3.24. The lowest BCUT2D eigenvalue weighted by atomic mass is 10.0. The molecule has 0 atom stereocenters. The number of anilines is 1. The van der Waals surface area contributed by atoms with Crippen LogP contribution in [0, 0.1) is 0 Å². The van der Waals surface area contributed by atoms with Gasteiger partial charge < -0.3 is 0 Å². The molecular formula is C16H10BrNO2. The van der Waals surface area contributed by atoms with Gasteiger partial charge in [0.05, 0.1) is 5.69 Å². The quantitative estimate of drug-likeness (QED) is 0.791. The smallest absolute Gasteiger partial charge is 0.258 e. The van der Waals surface area contributed by atoms with Gasteiger partial charge in [-0.2, -0.15) is 0 Å². The van der Waals surface area contributed by atoms with Crippen molar-refractivity contribution in [1.82, 2.24) is 0 Å². The summed E-state index contributed by atoms with van der Waals surface area (Å²) in [4.78, 5) is 24.9. The van der Waals surface area contributed by atoms with Crippen LogP contribution in [0.3, 0.4) is 0 Å². The minimum Gasteiger partial charge on any atom is -0.269 e. The molecule has 3 rings (SSSR count). The summed E-state index contributed by atoms with van der Waals surface area (Å²) in [5.41, 5.74) is 2.41. The van der Waals surface area contributed by atoms with Crippen LogP contribution in [0.2, 0.25) is 0 Å². The summed E-state index contributed by atoms with van der Waals surface area (Å²) in [6.07, 6.45) is 2.58. The van der Waals surface area contributed by atoms with Crippen LogP contribution in [0.15, 0.2) is 65.2 Å². The second-order valence-corrected chi connectivity index (χ2v) is 5.28. The van der Waals surface area contributed by atoms with Gasteiger partial charge in [0, 0.05) is 22.2 Å². The van der Waals surface area contributed by atoms with Gasteiger partial charge in [-0.15, -0.1) is 0 Å². The van der Waals surface area contributed by atoms with E-state index in [1.165, 1.54) is 17.1 Å². The number of benzene rings is 2. The van der Waals surface area contributed by atoms with Gasteiger partial charge in [0.1, 0.15) is 0 Å². The van der Waals surface area contributed by atoms with Crippen molar-refractivity contribution in [2.75, 3.05) is 4.90 Å². The normalized spacial score (nSPS) is 14.2. The van der Waals surface area contributed by atoms with Crippen LogP contribution >= 0.6 is 15.9 Å². The van der Waals surface area contributed by atoms with Crippen molar-refractivity contribution in [3.05, 3.63) is 65.2 Å². The number of para-hydroxylation sites is 1. The van der Waals surface area contributed by atoms with Crippen molar-refractivity contribution in [3.63, 3.8) is 0 Å². The van der Waals surface area contributed by atoms with Gasteiger partial charge in [0.2, 0.25) is 0 Å². The maximum absolute atomic E-state index is 11.8. The van der Waals surface area contributed by atoms with Crippen LogP contribution in [-0.4, -0.2) is 11.8 Å². The summed E-state index contributed by atoms with van der Waals surface area (Å²) in [5.74, 6) is -0.612. The number of amides is 2. The Morgan fingerprint density at radius 2 is 1.40 bits per heavy atom. The molecule has 2 amide bonds. The van der Waals surface area contributed by atoms with E-state index in [2.05, 4.69) is 15.9 Å². The Balaban J connectivity index is 2.11. The fraction of sp³-hybridized carbons (Fsp3) is 0. The zero-order valence-electron chi connectivity index (χ0n) is 10.4. The van der Waals surface area contributed by atoms with Gasteiger partial charge in [-0.3, -0.25) is 9.59 Å². The number of carbonyl (C=O) groups excluding carboxylic acids is 2. The Morgan fingerprint density at radius 3 is 2.05 bits per heavy atom. The highest BCUT2D eigenvalue weighted by Gasteiger charge is 2.27. The molecule has 1 heterocycles. The summed E-state index contributed by atoms with van der Waals surface area (Å²) in [6, 6.07) is 15.1. The van der Waals surface area contributed by atoms with E-state index in [1.807, 2.05) is 42.5 Å². The molecular weight excluding hydrogens is 318 g/mol. The summed E-state index contributed by atoms with van der Waals surface area (Å²) >= 11 is 3.39. The third-order valence-corrected chi connectivity index (χ3v) is 3.64. The number of imide groups is 1. The molecule has 0 fully saturated rings. The lowest BCUT2D eigenvalue weighted by molar-refractivity contribution is -0.119. The van der Waals surface area contributed by atoms with Gasteiger partial charge in [0.15, 0.2) is 0 Å². The minimum absolute atomic E-state index is 0.306. The molecule has 2 aromatic rings. The third kappa shape index (κ3) is 2.18. The van der Waals surface area contributed by atoms with Crippen molar-refractivity contribution in [3.8, 4) is 11.1 Å². The topological polar surface area (TPSA) is 37.4 Å². The predicted octanol–water partition coefficient (Wildman–Crippen LogP) is 3.55. The van der Waals surface area contributed by atoms with Crippen molar-refractivity contribution in [2.24, 2.45) is 0 Å². The Morgan fingerprint density at radius 1 is 0.800 bits per heavy atom. The van der Waals surface area contributed by atoms with Gasteiger partial charge in [-0.05, 0) is 23.8 Å². The highest BCUT2D eigenvalue weighted by atomic mass is 79.9. The van der Waals surface area contributed by atoms with Crippen molar-refractivity contribution < 1.29 is 9.59 Å². The SMILES string of the molecule is O=C1C=CC(=O)N1c1ccccc1-c1ccc(Br)cc1. The number of halogens is 1. The second-order valence-electron chi connectivity index (χ2n) is 4.37. The zero-order chi connectivity index (χ0) is 14.1. The van der Waals surface area contributed by atoms with E-state index in [0.29, 0.717) is 5.69 Å². The molecule has 2 aromatic carbocycles. The van der Waals surface area contributed by atoms with Crippen LogP contribution in [-0.2, 0) is 9.59 Å². The molecule has 20 heavy (non-hydrogen) atoms. The Bertz CT molecular complexity index is 702. The fourth-order valence-corrected chi connectivity index (χ4v) is 2.44. The van der Waals surface area contributed by atoms with Crippen LogP contribution < -0.4 is 4.90 Å². The molecule has 0 spiro atoms. The van der Waals surface area contributed by atoms with Crippen molar-refractivity contribution >= 4 is 33.4 Å². The predicted molar refractivity (Wildman–Crippen MR) is 81.2 cm³/mol. The number of hydrogen-bond acceptors (Lipinski definition) is 2. The molecule has 0 aliphatic carbocycles. The third-order valence-electron chi connectivity index (χ3n) is 3.11. The summed E-state index contributed by atoms with van der Waals surface area (Å²) in [7, 11) is 0. The van der Waals surface area contributed by atoms with E-state index in [9.17, 15) is 9.59 Å². The van der Waals surface area contributed by atoms with Gasteiger partial charge in [0.25, 0.3) is 11.8 Å². The molecule has 0 unspecified atom stereocenters. The van der Waals surface area contributed by atoms with Crippen LogP contribution in [0.4, 0.5) is 5.69 Å². The number of carbonyl (C=O) groups is 2.